The number of aromatic nitrogens is 3. The first kappa shape index (κ1) is 12.5. The lowest BCUT2D eigenvalue weighted by molar-refractivity contribution is 0.0836. The van der Waals surface area contributed by atoms with Crippen molar-refractivity contribution < 1.29 is 13.2 Å². The van der Waals surface area contributed by atoms with Crippen LogP contribution in [0.2, 0.25) is 0 Å². The zero-order chi connectivity index (χ0) is 12.3. The van der Waals surface area contributed by atoms with Gasteiger partial charge in [0, 0.05) is 31.8 Å². The molecule has 6 nitrogen and oxygen atoms in total. The minimum Gasteiger partial charge on any atom is -0.381 e. The van der Waals surface area contributed by atoms with Gasteiger partial charge in [0.05, 0.1) is 5.75 Å². The van der Waals surface area contributed by atoms with Gasteiger partial charge >= 0.3 is 0 Å². The summed E-state index contributed by atoms with van der Waals surface area (Å²) in [4.78, 5) is 4.35. The number of rotatable bonds is 4. The minimum atomic E-state index is -2.95. The number of nitrogens with one attached hydrogen (secondary N) is 1. The van der Waals surface area contributed by atoms with Gasteiger partial charge in [-0.2, -0.15) is 5.10 Å². The predicted octanol–water partition coefficient (Wildman–Crippen LogP) is 0.286. The average Bonchev–Trinajstić information content (AvgIpc) is 2.75. The highest BCUT2D eigenvalue weighted by atomic mass is 32.2. The molecule has 0 radical (unpaired) electrons. The Morgan fingerprint density at radius 2 is 2.12 bits per heavy atom. The third kappa shape index (κ3) is 3.78. The van der Waals surface area contributed by atoms with Gasteiger partial charge in [0.25, 0.3) is 0 Å². The molecule has 2 heterocycles. The Balaban J connectivity index is 1.95. The van der Waals surface area contributed by atoms with Crippen molar-refractivity contribution in [2.45, 2.75) is 25.2 Å². The number of aryl methyl sites for hydroxylation is 1. The van der Waals surface area contributed by atoms with Gasteiger partial charge in [0.2, 0.25) is 0 Å². The Kier molecular flexibility index (Phi) is 3.78. The van der Waals surface area contributed by atoms with Crippen LogP contribution in [0.5, 0.6) is 0 Å². The molecule has 1 aliphatic heterocycles. The Bertz CT molecular complexity index is 463. The number of H-pyrrole nitrogens is 1. The van der Waals surface area contributed by atoms with E-state index in [-0.39, 0.29) is 5.75 Å². The number of nitrogens with zero attached hydrogens (tertiary/aromatic N) is 2. The van der Waals surface area contributed by atoms with E-state index in [1.165, 1.54) is 6.26 Å². The maximum absolute atomic E-state index is 11.0. The molecule has 1 N–H and O–H groups in total. The predicted molar refractivity (Wildman–Crippen MR) is 62.6 cm³/mol. The fourth-order valence-electron chi connectivity index (χ4n) is 1.84. The van der Waals surface area contributed by atoms with Crippen LogP contribution in [0, 0.1) is 0 Å². The molecule has 2 rings (SSSR count). The van der Waals surface area contributed by atoms with Crippen molar-refractivity contribution in [1.82, 2.24) is 15.2 Å². The van der Waals surface area contributed by atoms with Crippen molar-refractivity contribution in [3.8, 4) is 0 Å². The summed E-state index contributed by atoms with van der Waals surface area (Å²) >= 11 is 0. The van der Waals surface area contributed by atoms with E-state index in [2.05, 4.69) is 15.2 Å². The summed E-state index contributed by atoms with van der Waals surface area (Å²) < 4.78 is 27.3. The molecule has 1 fully saturated rings. The lowest BCUT2D eigenvalue weighted by atomic mass is 10.00. The first-order chi connectivity index (χ1) is 8.04. The van der Waals surface area contributed by atoms with Crippen molar-refractivity contribution in [2.75, 3.05) is 25.2 Å². The second-order valence-electron chi connectivity index (χ2n) is 4.41. The maximum atomic E-state index is 11.0. The largest absolute Gasteiger partial charge is 0.381 e. The van der Waals surface area contributed by atoms with Crippen molar-refractivity contribution >= 4 is 9.84 Å². The standard InChI is InChI=1S/C10H17N3O3S/c1-17(14,15)7-4-9-11-10(13-12-9)8-2-5-16-6-3-8/h8H,2-7H2,1H3,(H,11,12,13). The molecule has 0 unspecified atom stereocenters. The van der Waals surface area contributed by atoms with Gasteiger partial charge in [-0.25, -0.2) is 13.4 Å². The van der Waals surface area contributed by atoms with Gasteiger partial charge in [0.15, 0.2) is 5.82 Å². The van der Waals surface area contributed by atoms with Crippen LogP contribution in [-0.4, -0.2) is 48.8 Å². The van der Waals surface area contributed by atoms with E-state index in [1.54, 1.807) is 0 Å². The summed E-state index contributed by atoms with van der Waals surface area (Å²) in [6.45, 7) is 1.50. The lowest BCUT2D eigenvalue weighted by Gasteiger charge is -2.18. The number of hydrogen-bond acceptors (Lipinski definition) is 5. The zero-order valence-electron chi connectivity index (χ0n) is 9.85. The van der Waals surface area contributed by atoms with Crippen LogP contribution >= 0.6 is 0 Å². The molecule has 1 aliphatic rings. The van der Waals surface area contributed by atoms with E-state index < -0.39 is 9.84 Å². The molecular weight excluding hydrogens is 242 g/mol. The van der Waals surface area contributed by atoms with Crippen LogP contribution in [0.25, 0.3) is 0 Å². The van der Waals surface area contributed by atoms with Gasteiger partial charge in [-0.3, -0.25) is 5.10 Å². The molecule has 0 aliphatic carbocycles. The van der Waals surface area contributed by atoms with E-state index in [0.29, 0.717) is 18.2 Å². The molecule has 0 saturated carbocycles. The third-order valence-electron chi connectivity index (χ3n) is 2.85. The molecule has 7 heteroatoms. The van der Waals surface area contributed by atoms with Gasteiger partial charge in [0.1, 0.15) is 15.7 Å². The number of sulfone groups is 1. The van der Waals surface area contributed by atoms with Crippen molar-refractivity contribution in [1.29, 1.82) is 0 Å². The van der Waals surface area contributed by atoms with Gasteiger partial charge in [-0.05, 0) is 12.8 Å². The topological polar surface area (TPSA) is 84.9 Å². The molecule has 0 bridgehead atoms. The molecule has 0 spiro atoms. The normalized spacial score (nSPS) is 18.4. The highest BCUT2D eigenvalue weighted by Gasteiger charge is 2.20. The van der Waals surface area contributed by atoms with Gasteiger partial charge in [-0.1, -0.05) is 0 Å². The highest BCUT2D eigenvalue weighted by Crippen LogP contribution is 2.23. The first-order valence-corrected chi connectivity index (χ1v) is 7.77. The van der Waals surface area contributed by atoms with Crippen LogP contribution in [-0.2, 0) is 21.0 Å². The summed E-state index contributed by atoms with van der Waals surface area (Å²) in [5.41, 5.74) is 0. The Labute approximate surface area is 101 Å². The number of ether oxygens (including phenoxy) is 1. The highest BCUT2D eigenvalue weighted by molar-refractivity contribution is 7.90. The molecule has 1 aromatic rings. The lowest BCUT2D eigenvalue weighted by Crippen LogP contribution is -2.15. The Hall–Kier alpha value is -0.950. The second kappa shape index (κ2) is 5.14. The monoisotopic (exact) mass is 259 g/mol. The van der Waals surface area contributed by atoms with Crippen LogP contribution in [0.1, 0.15) is 30.4 Å². The van der Waals surface area contributed by atoms with E-state index in [4.69, 9.17) is 4.74 Å². The molecular formula is C10H17N3O3S. The number of hydrogen-bond donors (Lipinski definition) is 1. The van der Waals surface area contributed by atoms with Crippen molar-refractivity contribution in [2.24, 2.45) is 0 Å². The molecule has 0 aromatic carbocycles. The summed E-state index contributed by atoms with van der Waals surface area (Å²) in [5.74, 6) is 1.88. The molecule has 0 atom stereocenters. The first-order valence-electron chi connectivity index (χ1n) is 5.71. The molecule has 17 heavy (non-hydrogen) atoms. The SMILES string of the molecule is CS(=O)(=O)CCc1nc(C2CCOCC2)n[nH]1. The van der Waals surface area contributed by atoms with E-state index >= 15 is 0 Å². The second-order valence-corrected chi connectivity index (χ2v) is 6.67. The summed E-state index contributed by atoms with van der Waals surface area (Å²) in [5, 5.41) is 6.96. The van der Waals surface area contributed by atoms with Crippen molar-refractivity contribution in [3.63, 3.8) is 0 Å². The smallest absolute Gasteiger partial charge is 0.153 e. The third-order valence-corrected chi connectivity index (χ3v) is 3.79. The Morgan fingerprint density at radius 1 is 1.41 bits per heavy atom. The van der Waals surface area contributed by atoms with Crippen molar-refractivity contribution in [3.05, 3.63) is 11.6 Å². The van der Waals surface area contributed by atoms with Gasteiger partial charge < -0.3 is 4.74 Å². The fourth-order valence-corrected chi connectivity index (χ4v) is 2.41. The van der Waals surface area contributed by atoms with E-state index in [1.807, 2.05) is 0 Å². The van der Waals surface area contributed by atoms with Gasteiger partial charge in [-0.15, -0.1) is 0 Å². The van der Waals surface area contributed by atoms with E-state index in [0.717, 1.165) is 31.9 Å². The summed E-state index contributed by atoms with van der Waals surface area (Å²) in [7, 11) is -2.95. The number of aromatic amines is 1. The molecule has 0 amide bonds. The molecule has 96 valence electrons. The van der Waals surface area contributed by atoms with Crippen LogP contribution in [0.4, 0.5) is 0 Å². The van der Waals surface area contributed by atoms with Crippen LogP contribution < -0.4 is 0 Å². The summed E-state index contributed by atoms with van der Waals surface area (Å²) in [6, 6.07) is 0. The quantitative estimate of drug-likeness (QED) is 0.839. The minimum absolute atomic E-state index is 0.107. The zero-order valence-corrected chi connectivity index (χ0v) is 10.7. The average molecular weight is 259 g/mol. The van der Waals surface area contributed by atoms with Crippen LogP contribution in [0.15, 0.2) is 0 Å². The summed E-state index contributed by atoms with van der Waals surface area (Å²) in [6.07, 6.45) is 3.49. The fraction of sp³-hybridized carbons (Fsp3) is 0.800. The molecule has 1 aromatic heterocycles. The Morgan fingerprint density at radius 3 is 2.76 bits per heavy atom. The maximum Gasteiger partial charge on any atom is 0.153 e. The van der Waals surface area contributed by atoms with Crippen LogP contribution in [0.3, 0.4) is 0 Å². The van der Waals surface area contributed by atoms with E-state index in [9.17, 15) is 8.42 Å². The molecule has 1 saturated heterocycles.